The highest BCUT2D eigenvalue weighted by atomic mass is 79.9. The number of amides is 1. The van der Waals surface area contributed by atoms with Gasteiger partial charge in [-0.3, -0.25) is 9.69 Å². The molecule has 0 bridgehead atoms. The first-order valence-electron chi connectivity index (χ1n) is 9.07. The van der Waals surface area contributed by atoms with E-state index >= 15 is 0 Å². The Morgan fingerprint density at radius 3 is 2.67 bits per heavy atom. The number of fused-ring (bicyclic) bond motifs is 1. The van der Waals surface area contributed by atoms with Gasteiger partial charge in [0.25, 0.3) is 0 Å². The minimum atomic E-state index is -0.383. The number of thioether (sulfide) groups is 1. The summed E-state index contributed by atoms with van der Waals surface area (Å²) in [5.41, 5.74) is 2.34. The third-order valence-electron chi connectivity index (χ3n) is 5.16. The van der Waals surface area contributed by atoms with Crippen LogP contribution in [0.3, 0.4) is 0 Å². The molecule has 0 saturated carbocycles. The Balaban J connectivity index is 1.69. The number of carbonyl (C=O) groups excluding carboxylic acids is 1. The molecule has 0 aliphatic carbocycles. The predicted octanol–water partition coefficient (Wildman–Crippen LogP) is 5.15. The molecule has 0 radical (unpaired) electrons. The van der Waals surface area contributed by atoms with E-state index < -0.39 is 0 Å². The van der Waals surface area contributed by atoms with Crippen molar-refractivity contribution in [3.63, 3.8) is 0 Å². The maximum atomic E-state index is 13.1. The predicted molar refractivity (Wildman–Crippen MR) is 123 cm³/mol. The fraction of sp³-hybridized carbons (Fsp3) is 0.238. The van der Waals surface area contributed by atoms with Crippen LogP contribution >= 0.6 is 43.6 Å². The molecule has 1 N–H and O–H groups in total. The van der Waals surface area contributed by atoms with Gasteiger partial charge in [0.15, 0.2) is 11.5 Å². The number of ether oxygens (including phenoxy) is 1. The van der Waals surface area contributed by atoms with Crippen molar-refractivity contribution in [3.05, 3.63) is 61.5 Å². The van der Waals surface area contributed by atoms with Gasteiger partial charge in [0.2, 0.25) is 5.91 Å². The zero-order valence-corrected chi connectivity index (χ0v) is 19.9. The fourth-order valence-corrected chi connectivity index (χ4v) is 5.50. The van der Waals surface area contributed by atoms with E-state index in [0.717, 1.165) is 15.7 Å². The molecular weight excluding hydrogens is 534 g/mol. The van der Waals surface area contributed by atoms with Gasteiger partial charge in [0, 0.05) is 22.5 Å². The molecule has 4 rings (SSSR count). The second-order valence-corrected chi connectivity index (χ2v) is 9.60. The summed E-state index contributed by atoms with van der Waals surface area (Å²) < 4.78 is 6.70. The molecular formula is C21H17Br2N3O3S. The van der Waals surface area contributed by atoms with Gasteiger partial charge in [-0.05, 0) is 57.9 Å². The lowest BCUT2D eigenvalue weighted by atomic mass is 9.86. The Morgan fingerprint density at radius 2 is 2.00 bits per heavy atom. The van der Waals surface area contributed by atoms with Gasteiger partial charge < -0.3 is 14.7 Å². The van der Waals surface area contributed by atoms with Gasteiger partial charge in [0.05, 0.1) is 40.8 Å². The summed E-state index contributed by atoms with van der Waals surface area (Å²) in [6, 6.07) is 13.7. The van der Waals surface area contributed by atoms with Crippen LogP contribution in [0.5, 0.6) is 11.5 Å². The average molecular weight is 551 g/mol. The van der Waals surface area contributed by atoms with Gasteiger partial charge in [-0.25, -0.2) is 0 Å². The molecule has 2 aliphatic heterocycles. The summed E-state index contributed by atoms with van der Waals surface area (Å²) in [5, 5.41) is 20.7. The number of nitriles is 1. The number of hydrogen-bond donors (Lipinski definition) is 1. The highest BCUT2D eigenvalue weighted by Gasteiger charge is 2.38. The first kappa shape index (κ1) is 21.1. The third kappa shape index (κ3) is 3.80. The number of phenolic OH excluding ortho intramolecular Hbond substituents is 1. The van der Waals surface area contributed by atoms with Crippen LogP contribution in [0.25, 0.3) is 0 Å². The number of rotatable bonds is 3. The lowest BCUT2D eigenvalue weighted by Gasteiger charge is -2.42. The normalized spacial score (nSPS) is 18.9. The van der Waals surface area contributed by atoms with E-state index in [0.29, 0.717) is 33.4 Å². The smallest absolute Gasteiger partial charge is 0.229 e. The minimum Gasteiger partial charge on any atom is -0.503 e. The average Bonchev–Trinajstić information content (AvgIpc) is 2.76. The summed E-state index contributed by atoms with van der Waals surface area (Å²) in [7, 11) is 1.47. The number of hydrogen-bond acceptors (Lipinski definition) is 6. The van der Waals surface area contributed by atoms with Crippen LogP contribution in [0.1, 0.15) is 17.9 Å². The van der Waals surface area contributed by atoms with Crippen molar-refractivity contribution in [1.82, 2.24) is 4.90 Å². The molecule has 2 heterocycles. The van der Waals surface area contributed by atoms with E-state index in [1.165, 1.54) is 18.9 Å². The molecule has 6 nitrogen and oxygen atoms in total. The van der Waals surface area contributed by atoms with Crippen LogP contribution in [0.15, 0.2) is 55.9 Å². The maximum absolute atomic E-state index is 13.1. The van der Waals surface area contributed by atoms with Crippen LogP contribution in [0.4, 0.5) is 5.69 Å². The van der Waals surface area contributed by atoms with E-state index in [9.17, 15) is 15.2 Å². The van der Waals surface area contributed by atoms with E-state index in [2.05, 4.69) is 42.8 Å². The van der Waals surface area contributed by atoms with Gasteiger partial charge >= 0.3 is 0 Å². The van der Waals surface area contributed by atoms with Gasteiger partial charge in [0.1, 0.15) is 0 Å². The molecule has 1 fully saturated rings. The van der Waals surface area contributed by atoms with Gasteiger partial charge in [-0.1, -0.05) is 27.7 Å². The van der Waals surface area contributed by atoms with E-state index in [-0.39, 0.29) is 24.0 Å². The highest BCUT2D eigenvalue weighted by Crippen LogP contribution is 2.46. The largest absolute Gasteiger partial charge is 0.503 e. The third-order valence-corrected chi connectivity index (χ3v) is 7.45. The summed E-state index contributed by atoms with van der Waals surface area (Å²) in [5.74, 6) is 0.515. The maximum Gasteiger partial charge on any atom is 0.229 e. The summed E-state index contributed by atoms with van der Waals surface area (Å²) in [4.78, 5) is 16.9. The van der Waals surface area contributed by atoms with Crippen molar-refractivity contribution in [3.8, 4) is 17.6 Å². The number of aromatic hydroxyl groups is 1. The summed E-state index contributed by atoms with van der Waals surface area (Å²) in [6.07, 6.45) is 0.182. The number of allylic oxidation sites excluding steroid dienone is 1. The van der Waals surface area contributed by atoms with E-state index in [4.69, 9.17) is 4.74 Å². The monoisotopic (exact) mass is 549 g/mol. The second-order valence-electron chi connectivity index (χ2n) is 6.89. The van der Waals surface area contributed by atoms with Crippen LogP contribution in [0.2, 0.25) is 0 Å². The van der Waals surface area contributed by atoms with Crippen molar-refractivity contribution in [1.29, 1.82) is 5.26 Å². The van der Waals surface area contributed by atoms with Crippen LogP contribution < -0.4 is 9.64 Å². The molecule has 1 saturated heterocycles. The first-order chi connectivity index (χ1) is 14.4. The first-order valence-corrected chi connectivity index (χ1v) is 11.6. The van der Waals surface area contributed by atoms with Crippen molar-refractivity contribution < 1.29 is 14.6 Å². The molecule has 1 atom stereocenters. The van der Waals surface area contributed by atoms with Crippen LogP contribution in [-0.4, -0.2) is 35.6 Å². The Hall–Kier alpha value is -2.15. The number of methoxy groups -OCH3 is 1. The number of nitrogens with zero attached hydrogens (tertiary/aromatic N) is 3. The Labute approximate surface area is 195 Å². The molecule has 1 amide bonds. The van der Waals surface area contributed by atoms with Crippen LogP contribution in [0, 0.1) is 11.3 Å². The van der Waals surface area contributed by atoms with Crippen molar-refractivity contribution in [2.45, 2.75) is 12.3 Å². The number of halogens is 2. The molecule has 9 heteroatoms. The standard InChI is InChI=1S/C21H17Br2N3O3S/c1-29-18-7-12(6-17(23)20(18)28)15-8-19(27)26-10-25(11-30-21(26)16(15)9-24)14-4-2-13(22)3-5-14/h2-7,15,28H,8,10-11H2,1H3/t15-/m0/s1. The molecule has 2 aromatic rings. The Morgan fingerprint density at radius 1 is 1.27 bits per heavy atom. The topological polar surface area (TPSA) is 76.8 Å². The second kappa shape index (κ2) is 8.53. The number of benzene rings is 2. The number of phenols is 1. The van der Waals surface area contributed by atoms with Gasteiger partial charge in [-0.2, -0.15) is 5.26 Å². The summed E-state index contributed by atoms with van der Waals surface area (Å²) >= 11 is 8.26. The zero-order valence-electron chi connectivity index (χ0n) is 15.9. The Bertz CT molecular complexity index is 1080. The molecule has 154 valence electrons. The van der Waals surface area contributed by atoms with Gasteiger partial charge in [-0.15, -0.1) is 0 Å². The molecule has 0 unspecified atom stereocenters. The molecule has 2 aromatic carbocycles. The highest BCUT2D eigenvalue weighted by molar-refractivity contribution is 9.10. The minimum absolute atomic E-state index is 0.00615. The number of anilines is 1. The lowest BCUT2D eigenvalue weighted by Crippen LogP contribution is -2.47. The number of carbonyl (C=O) groups is 1. The lowest BCUT2D eigenvalue weighted by molar-refractivity contribution is -0.129. The molecule has 30 heavy (non-hydrogen) atoms. The van der Waals surface area contributed by atoms with Crippen molar-refractivity contribution in [2.24, 2.45) is 0 Å². The SMILES string of the molecule is COc1cc([C@@H]2CC(=O)N3CN(c4ccc(Br)cc4)CSC3=C2C#N)cc(Br)c1O. The van der Waals surface area contributed by atoms with Crippen molar-refractivity contribution in [2.75, 3.05) is 24.6 Å². The van der Waals surface area contributed by atoms with E-state index in [1.54, 1.807) is 17.0 Å². The van der Waals surface area contributed by atoms with E-state index in [1.807, 2.05) is 24.3 Å². The molecule has 2 aliphatic rings. The summed E-state index contributed by atoms with van der Waals surface area (Å²) in [6.45, 7) is 0.406. The van der Waals surface area contributed by atoms with Crippen molar-refractivity contribution >= 4 is 55.2 Å². The van der Waals surface area contributed by atoms with Crippen LogP contribution in [-0.2, 0) is 4.79 Å². The molecule has 0 aromatic heterocycles. The quantitative estimate of drug-likeness (QED) is 0.570. The zero-order chi connectivity index (χ0) is 21.4. The molecule has 0 spiro atoms. The fourth-order valence-electron chi connectivity index (χ4n) is 3.61. The Kier molecular flexibility index (Phi) is 6.00.